The van der Waals surface area contributed by atoms with E-state index in [2.05, 4.69) is 9.46 Å². The number of ether oxygens (including phenoxy) is 1. The molecule has 0 heterocycles. The van der Waals surface area contributed by atoms with Crippen LogP contribution in [0.15, 0.2) is 23.1 Å². The van der Waals surface area contributed by atoms with Gasteiger partial charge in [-0.3, -0.25) is 0 Å². The maximum absolute atomic E-state index is 14.0. The largest absolute Gasteiger partial charge is 0.465 e. The fourth-order valence-electron chi connectivity index (χ4n) is 3.26. The summed E-state index contributed by atoms with van der Waals surface area (Å²) in [4.78, 5) is 11.4. The van der Waals surface area contributed by atoms with Crippen LogP contribution in [0.1, 0.15) is 43.0 Å². The van der Waals surface area contributed by atoms with Crippen molar-refractivity contribution in [2.24, 2.45) is 11.7 Å². The topological polar surface area (TPSA) is 98.5 Å². The van der Waals surface area contributed by atoms with E-state index in [9.17, 15) is 17.6 Å². The van der Waals surface area contributed by atoms with Crippen molar-refractivity contribution in [3.63, 3.8) is 0 Å². The molecule has 0 saturated heterocycles. The van der Waals surface area contributed by atoms with E-state index in [-0.39, 0.29) is 12.5 Å². The maximum atomic E-state index is 14.0. The van der Waals surface area contributed by atoms with Crippen LogP contribution in [0.2, 0.25) is 0 Å². The van der Waals surface area contributed by atoms with Crippen molar-refractivity contribution >= 4 is 16.0 Å². The standard InChI is InChI=1S/C16H23FN2O4S/c1-11-6-3-4-9-16(11,10-18)19-24(21,22)13-8-5-7-12(17)14(13)15(20)23-2/h5,7-8,11,19H,3-4,6,9-10,18H2,1-2H3. The lowest BCUT2D eigenvalue weighted by Crippen LogP contribution is -2.59. The predicted molar refractivity (Wildman–Crippen MR) is 87.5 cm³/mol. The number of carbonyl (C=O) groups is 1. The van der Waals surface area contributed by atoms with Gasteiger partial charge in [0.25, 0.3) is 0 Å². The number of nitrogens with one attached hydrogen (secondary N) is 1. The average molecular weight is 358 g/mol. The van der Waals surface area contributed by atoms with E-state index in [1.165, 1.54) is 12.1 Å². The molecule has 134 valence electrons. The second-order valence-corrected chi connectivity index (χ2v) is 7.87. The summed E-state index contributed by atoms with van der Waals surface area (Å²) in [6.07, 6.45) is 3.33. The van der Waals surface area contributed by atoms with Crippen molar-refractivity contribution in [2.75, 3.05) is 13.7 Å². The zero-order valence-corrected chi connectivity index (χ0v) is 14.7. The lowest BCUT2D eigenvalue weighted by atomic mass is 9.74. The Bertz CT molecular complexity index is 723. The van der Waals surface area contributed by atoms with Gasteiger partial charge in [0.15, 0.2) is 0 Å². The van der Waals surface area contributed by atoms with Gasteiger partial charge in [-0.2, -0.15) is 0 Å². The maximum Gasteiger partial charge on any atom is 0.342 e. The number of esters is 1. The minimum Gasteiger partial charge on any atom is -0.465 e. The molecule has 2 unspecified atom stereocenters. The number of carbonyl (C=O) groups excluding carboxylic acids is 1. The van der Waals surface area contributed by atoms with Gasteiger partial charge in [-0.25, -0.2) is 22.3 Å². The number of hydrogen-bond acceptors (Lipinski definition) is 5. The van der Waals surface area contributed by atoms with E-state index in [1.807, 2.05) is 6.92 Å². The first kappa shape index (κ1) is 18.8. The number of halogens is 1. The van der Waals surface area contributed by atoms with Crippen molar-refractivity contribution in [1.82, 2.24) is 4.72 Å². The summed E-state index contributed by atoms with van der Waals surface area (Å²) in [6, 6.07) is 3.46. The summed E-state index contributed by atoms with van der Waals surface area (Å²) in [6.45, 7) is 2.08. The molecule has 8 heteroatoms. The Hall–Kier alpha value is -1.51. The van der Waals surface area contributed by atoms with Crippen molar-refractivity contribution in [2.45, 2.75) is 43.0 Å². The highest BCUT2D eigenvalue weighted by molar-refractivity contribution is 7.89. The van der Waals surface area contributed by atoms with E-state index in [0.717, 1.165) is 32.4 Å². The molecule has 2 atom stereocenters. The van der Waals surface area contributed by atoms with Gasteiger partial charge in [-0.05, 0) is 30.9 Å². The first-order valence-electron chi connectivity index (χ1n) is 7.88. The molecule has 1 saturated carbocycles. The summed E-state index contributed by atoms with van der Waals surface area (Å²) < 4.78 is 46.9. The number of nitrogens with two attached hydrogens (primary N) is 1. The molecule has 0 radical (unpaired) electrons. The van der Waals surface area contributed by atoms with Crippen LogP contribution in [0.5, 0.6) is 0 Å². The van der Waals surface area contributed by atoms with Gasteiger partial charge in [0.1, 0.15) is 11.4 Å². The van der Waals surface area contributed by atoms with Crippen molar-refractivity contribution in [3.8, 4) is 0 Å². The molecule has 2 rings (SSSR count). The summed E-state index contributed by atoms with van der Waals surface area (Å²) in [7, 11) is -3.07. The Balaban J connectivity index is 2.48. The number of methoxy groups -OCH3 is 1. The van der Waals surface area contributed by atoms with Gasteiger partial charge in [0, 0.05) is 12.1 Å². The molecule has 1 aromatic rings. The van der Waals surface area contributed by atoms with Gasteiger partial charge in [-0.15, -0.1) is 0 Å². The Morgan fingerprint density at radius 3 is 2.75 bits per heavy atom. The Kier molecular flexibility index (Phi) is 5.62. The number of rotatable bonds is 5. The monoisotopic (exact) mass is 358 g/mol. The Labute approximate surface area is 141 Å². The molecule has 1 aliphatic rings. The molecule has 0 bridgehead atoms. The molecular formula is C16H23FN2O4S. The third-order valence-corrected chi connectivity index (χ3v) is 6.40. The Morgan fingerprint density at radius 2 is 2.17 bits per heavy atom. The highest BCUT2D eigenvalue weighted by Crippen LogP contribution is 2.34. The summed E-state index contributed by atoms with van der Waals surface area (Å²) in [5, 5.41) is 0. The minimum atomic E-state index is -4.14. The van der Waals surface area contributed by atoms with Crippen LogP contribution < -0.4 is 10.5 Å². The molecule has 6 nitrogen and oxygen atoms in total. The Morgan fingerprint density at radius 1 is 1.46 bits per heavy atom. The molecule has 24 heavy (non-hydrogen) atoms. The highest BCUT2D eigenvalue weighted by atomic mass is 32.2. The lowest BCUT2D eigenvalue weighted by molar-refractivity contribution is 0.0590. The molecule has 0 aliphatic heterocycles. The van der Waals surface area contributed by atoms with Crippen LogP contribution in [-0.2, 0) is 14.8 Å². The van der Waals surface area contributed by atoms with E-state index in [4.69, 9.17) is 5.73 Å². The third kappa shape index (κ3) is 3.45. The predicted octanol–water partition coefficient (Wildman–Crippen LogP) is 1.80. The first-order valence-corrected chi connectivity index (χ1v) is 9.36. The van der Waals surface area contributed by atoms with Crippen LogP contribution in [0.4, 0.5) is 4.39 Å². The first-order chi connectivity index (χ1) is 11.3. The molecule has 1 aliphatic carbocycles. The minimum absolute atomic E-state index is 0.0427. The van der Waals surface area contributed by atoms with Crippen LogP contribution in [0.25, 0.3) is 0 Å². The zero-order chi connectivity index (χ0) is 18.0. The number of benzene rings is 1. The normalized spacial score (nSPS) is 24.6. The molecule has 1 fully saturated rings. The van der Waals surface area contributed by atoms with Crippen LogP contribution in [0.3, 0.4) is 0 Å². The summed E-state index contributed by atoms with van der Waals surface area (Å²) >= 11 is 0. The average Bonchev–Trinajstić information content (AvgIpc) is 2.56. The fraction of sp³-hybridized carbons (Fsp3) is 0.562. The summed E-state index contributed by atoms with van der Waals surface area (Å²) in [5.41, 5.74) is 4.49. The van der Waals surface area contributed by atoms with E-state index in [0.29, 0.717) is 6.42 Å². The number of hydrogen-bond donors (Lipinski definition) is 2. The van der Waals surface area contributed by atoms with Gasteiger partial charge in [-0.1, -0.05) is 25.8 Å². The van der Waals surface area contributed by atoms with Crippen LogP contribution in [0, 0.1) is 11.7 Å². The molecule has 0 amide bonds. The zero-order valence-electron chi connectivity index (χ0n) is 13.8. The van der Waals surface area contributed by atoms with Crippen molar-refractivity contribution in [3.05, 3.63) is 29.6 Å². The van der Waals surface area contributed by atoms with Gasteiger partial charge in [0.2, 0.25) is 10.0 Å². The molecule has 0 aromatic heterocycles. The smallest absolute Gasteiger partial charge is 0.342 e. The second kappa shape index (κ2) is 7.16. The van der Waals surface area contributed by atoms with Crippen molar-refractivity contribution < 1.29 is 22.3 Å². The second-order valence-electron chi connectivity index (χ2n) is 6.22. The SMILES string of the molecule is COC(=O)c1c(F)cccc1S(=O)(=O)NC1(CN)CCCCC1C. The van der Waals surface area contributed by atoms with Crippen molar-refractivity contribution in [1.29, 1.82) is 0 Å². The highest BCUT2D eigenvalue weighted by Gasteiger charge is 2.41. The van der Waals surface area contributed by atoms with E-state index >= 15 is 0 Å². The molecule has 3 N–H and O–H groups in total. The third-order valence-electron chi connectivity index (χ3n) is 4.81. The fourth-order valence-corrected chi connectivity index (χ4v) is 5.00. The van der Waals surface area contributed by atoms with E-state index in [1.54, 1.807) is 0 Å². The molecule has 1 aromatic carbocycles. The van der Waals surface area contributed by atoms with Crippen LogP contribution >= 0.6 is 0 Å². The lowest BCUT2D eigenvalue weighted by Gasteiger charge is -2.42. The van der Waals surface area contributed by atoms with Crippen LogP contribution in [-0.4, -0.2) is 33.6 Å². The summed E-state index contributed by atoms with van der Waals surface area (Å²) in [5.74, 6) is -1.93. The van der Waals surface area contributed by atoms with Gasteiger partial charge in [0.05, 0.1) is 12.0 Å². The molecule has 0 spiro atoms. The van der Waals surface area contributed by atoms with E-state index < -0.39 is 37.8 Å². The van der Waals surface area contributed by atoms with Gasteiger partial charge < -0.3 is 10.5 Å². The molecular weight excluding hydrogens is 335 g/mol. The number of sulfonamides is 1. The quantitative estimate of drug-likeness (QED) is 0.782. The van der Waals surface area contributed by atoms with Gasteiger partial charge >= 0.3 is 5.97 Å².